The molecule has 1 unspecified atom stereocenters. The zero-order valence-corrected chi connectivity index (χ0v) is 28.4. The van der Waals surface area contributed by atoms with E-state index in [1.54, 1.807) is 23.8 Å². The molecule has 2 heterocycles. The van der Waals surface area contributed by atoms with E-state index in [9.17, 15) is 5.11 Å². The van der Waals surface area contributed by atoms with E-state index >= 15 is 0 Å². The van der Waals surface area contributed by atoms with Gasteiger partial charge in [-0.2, -0.15) is 0 Å². The van der Waals surface area contributed by atoms with Crippen LogP contribution in [0.15, 0.2) is 22.8 Å². The first-order valence-electron chi connectivity index (χ1n) is 18.0. The summed E-state index contributed by atoms with van der Waals surface area (Å²) in [5.74, 6) is 3.38. The van der Waals surface area contributed by atoms with Gasteiger partial charge in [-0.15, -0.1) is 0 Å². The van der Waals surface area contributed by atoms with E-state index in [2.05, 4.69) is 38.7 Å². The van der Waals surface area contributed by atoms with Crippen LogP contribution in [0.25, 0.3) is 0 Å². The van der Waals surface area contributed by atoms with E-state index in [0.29, 0.717) is 69.5 Å². The van der Waals surface area contributed by atoms with Crippen LogP contribution in [0.4, 0.5) is 0 Å². The Balaban J connectivity index is 1.05. The SMILES string of the molecule is COCCOCCOCCOCCN1C[C@@H](C)C[C@H]2O[C@]3(CC[C@@H]4C(=C(C)C3)C[C@H]3C4CC=C4C[C@@H](O)CC[C@@]43C)[C@H](C)[C@@H]21. The minimum Gasteiger partial charge on any atom is -0.393 e. The quantitative estimate of drug-likeness (QED) is 0.220. The zero-order chi connectivity index (χ0) is 30.9. The average molecular weight is 616 g/mol. The summed E-state index contributed by atoms with van der Waals surface area (Å²) < 4.78 is 29.4. The Bertz CT molecular complexity index is 1050. The van der Waals surface area contributed by atoms with Crippen LogP contribution in [0.3, 0.4) is 0 Å². The molecule has 6 rings (SSSR count). The Morgan fingerprint density at radius 2 is 1.70 bits per heavy atom. The molecule has 1 N–H and O–H groups in total. The number of piperidine rings is 1. The Labute approximate surface area is 267 Å². The molecule has 6 aliphatic rings. The van der Waals surface area contributed by atoms with Gasteiger partial charge in [-0.05, 0) is 93.8 Å². The van der Waals surface area contributed by atoms with Gasteiger partial charge in [0.05, 0.1) is 64.1 Å². The minimum absolute atomic E-state index is 0.0386. The molecular weight excluding hydrogens is 554 g/mol. The van der Waals surface area contributed by atoms with Crippen molar-refractivity contribution in [2.24, 2.45) is 35.0 Å². The van der Waals surface area contributed by atoms with Gasteiger partial charge in [-0.1, -0.05) is 43.6 Å². The number of methoxy groups -OCH3 is 1. The third kappa shape index (κ3) is 6.50. The first-order chi connectivity index (χ1) is 21.3. The second-order valence-electron chi connectivity index (χ2n) is 15.5. The molecule has 250 valence electrons. The topological polar surface area (TPSA) is 69.6 Å². The first-order valence-corrected chi connectivity index (χ1v) is 18.0. The highest BCUT2D eigenvalue weighted by atomic mass is 16.6. The second kappa shape index (κ2) is 14.1. The summed E-state index contributed by atoms with van der Waals surface area (Å²) >= 11 is 0. The summed E-state index contributed by atoms with van der Waals surface area (Å²) in [6.07, 6.45) is 13.0. The number of allylic oxidation sites excluding steroid dienone is 2. The predicted octanol–water partition coefficient (Wildman–Crippen LogP) is 5.80. The Kier molecular flexibility index (Phi) is 10.6. The lowest BCUT2D eigenvalue weighted by Gasteiger charge is -2.49. The van der Waals surface area contributed by atoms with Crippen LogP contribution in [-0.4, -0.2) is 100 Å². The van der Waals surface area contributed by atoms with Crippen LogP contribution in [0.1, 0.15) is 85.5 Å². The number of hydrogen-bond acceptors (Lipinski definition) is 7. The summed E-state index contributed by atoms with van der Waals surface area (Å²) in [7, 11) is 1.68. The lowest BCUT2D eigenvalue weighted by molar-refractivity contribution is -0.0806. The van der Waals surface area contributed by atoms with Gasteiger partial charge >= 0.3 is 0 Å². The fraction of sp³-hybridized carbons (Fsp3) is 0.892. The van der Waals surface area contributed by atoms with Gasteiger partial charge < -0.3 is 28.8 Å². The predicted molar refractivity (Wildman–Crippen MR) is 173 cm³/mol. The first kappa shape index (κ1) is 33.1. The molecule has 0 bridgehead atoms. The largest absolute Gasteiger partial charge is 0.393 e. The van der Waals surface area contributed by atoms with E-state index in [1.807, 2.05) is 0 Å². The van der Waals surface area contributed by atoms with Gasteiger partial charge in [0, 0.05) is 32.2 Å². The van der Waals surface area contributed by atoms with Crippen molar-refractivity contribution in [1.82, 2.24) is 4.90 Å². The van der Waals surface area contributed by atoms with Crippen molar-refractivity contribution in [3.63, 3.8) is 0 Å². The van der Waals surface area contributed by atoms with Gasteiger partial charge in [0.15, 0.2) is 0 Å². The standard InChI is InChI=1S/C37H61NO6/c1-25-20-34-35(38(24-25)12-13-41-16-17-43-19-18-42-15-14-40-5)27(3)37(44-34)11-9-30-31-7-6-28-21-29(39)8-10-36(28,4)33(31)22-32(30)26(2)23-37/h6,25,27,29-31,33-35,39H,7-24H2,1-5H3/t25-,27+,29-,30-,31?,33-,34+,35-,36-,37-/m0/s1. The summed E-state index contributed by atoms with van der Waals surface area (Å²) in [4.78, 5) is 2.71. The number of nitrogens with zero attached hydrogens (tertiary/aromatic N) is 1. The van der Waals surface area contributed by atoms with E-state index in [0.717, 1.165) is 57.2 Å². The van der Waals surface area contributed by atoms with Crippen LogP contribution in [-0.2, 0) is 23.7 Å². The van der Waals surface area contributed by atoms with Crippen LogP contribution in [0, 0.1) is 35.0 Å². The second-order valence-corrected chi connectivity index (χ2v) is 15.5. The van der Waals surface area contributed by atoms with E-state index in [1.165, 1.54) is 32.1 Å². The summed E-state index contributed by atoms with van der Waals surface area (Å²) in [6, 6.07) is 0.478. The molecule has 2 saturated heterocycles. The molecule has 0 amide bonds. The number of aliphatic hydroxyl groups is 1. The highest BCUT2D eigenvalue weighted by molar-refractivity contribution is 5.34. The third-order valence-electron chi connectivity index (χ3n) is 13.0. The van der Waals surface area contributed by atoms with Crippen molar-refractivity contribution in [2.45, 2.75) is 109 Å². The van der Waals surface area contributed by atoms with Gasteiger partial charge in [0.25, 0.3) is 0 Å². The Morgan fingerprint density at radius 1 is 0.977 bits per heavy atom. The maximum Gasteiger partial charge on any atom is 0.0765 e. The van der Waals surface area contributed by atoms with Crippen LogP contribution >= 0.6 is 0 Å². The maximum absolute atomic E-state index is 10.4. The molecule has 2 aliphatic heterocycles. The normalized spacial score (nSPS) is 42.1. The molecule has 0 aromatic heterocycles. The van der Waals surface area contributed by atoms with Gasteiger partial charge in [-0.3, -0.25) is 4.90 Å². The fourth-order valence-electron chi connectivity index (χ4n) is 10.7. The number of ether oxygens (including phenoxy) is 5. The van der Waals surface area contributed by atoms with Crippen molar-refractivity contribution in [2.75, 3.05) is 66.4 Å². The monoisotopic (exact) mass is 615 g/mol. The number of likely N-dealkylation sites (tertiary alicyclic amines) is 1. The third-order valence-corrected chi connectivity index (χ3v) is 13.0. The van der Waals surface area contributed by atoms with E-state index < -0.39 is 0 Å². The van der Waals surface area contributed by atoms with Gasteiger partial charge in [0.2, 0.25) is 0 Å². The van der Waals surface area contributed by atoms with Crippen LogP contribution in [0.5, 0.6) is 0 Å². The van der Waals surface area contributed by atoms with Crippen molar-refractivity contribution in [3.05, 3.63) is 22.8 Å². The molecular formula is C37H61NO6. The van der Waals surface area contributed by atoms with Crippen LogP contribution < -0.4 is 0 Å². The highest BCUT2D eigenvalue weighted by Crippen LogP contribution is 2.63. The van der Waals surface area contributed by atoms with Crippen molar-refractivity contribution in [3.8, 4) is 0 Å². The number of fused-ring (bicyclic) bond motifs is 6. The lowest BCUT2D eigenvalue weighted by Crippen LogP contribution is -2.52. The average Bonchev–Trinajstić information content (AvgIpc) is 3.46. The smallest absolute Gasteiger partial charge is 0.0765 e. The Hall–Kier alpha value is -0.800. The van der Waals surface area contributed by atoms with Crippen molar-refractivity contribution < 1.29 is 28.8 Å². The highest BCUT2D eigenvalue weighted by Gasteiger charge is 2.59. The number of hydrogen-bond donors (Lipinski definition) is 1. The molecule has 4 aliphatic carbocycles. The minimum atomic E-state index is -0.132. The molecule has 0 aromatic rings. The van der Waals surface area contributed by atoms with E-state index in [4.69, 9.17) is 23.7 Å². The molecule has 10 atom stereocenters. The number of aliphatic hydroxyl groups excluding tert-OH is 1. The summed E-state index contributed by atoms with van der Waals surface area (Å²) in [5, 5.41) is 10.4. The molecule has 1 spiro atoms. The summed E-state index contributed by atoms with van der Waals surface area (Å²) in [6.45, 7) is 16.4. The van der Waals surface area contributed by atoms with Gasteiger partial charge in [-0.25, -0.2) is 0 Å². The summed E-state index contributed by atoms with van der Waals surface area (Å²) in [5.41, 5.74) is 5.24. The number of rotatable bonds is 12. The fourth-order valence-corrected chi connectivity index (χ4v) is 10.7. The zero-order valence-electron chi connectivity index (χ0n) is 28.4. The molecule has 0 aromatic carbocycles. The van der Waals surface area contributed by atoms with Crippen LogP contribution in [0.2, 0.25) is 0 Å². The molecule has 44 heavy (non-hydrogen) atoms. The van der Waals surface area contributed by atoms with Crippen molar-refractivity contribution >= 4 is 0 Å². The van der Waals surface area contributed by atoms with Crippen molar-refractivity contribution in [1.29, 1.82) is 0 Å². The van der Waals surface area contributed by atoms with E-state index in [-0.39, 0.29) is 17.1 Å². The lowest BCUT2D eigenvalue weighted by atomic mass is 9.56. The molecule has 0 radical (unpaired) electrons. The Morgan fingerprint density at radius 3 is 2.45 bits per heavy atom. The molecule has 7 nitrogen and oxygen atoms in total. The maximum atomic E-state index is 10.4. The molecule has 7 heteroatoms. The van der Waals surface area contributed by atoms with Gasteiger partial charge in [0.1, 0.15) is 0 Å². The molecule has 2 saturated carbocycles. The molecule has 4 fully saturated rings.